The van der Waals surface area contributed by atoms with Crippen molar-refractivity contribution in [3.05, 3.63) is 204 Å². The van der Waals surface area contributed by atoms with Crippen LogP contribution in [0.5, 0.6) is 0 Å². The van der Waals surface area contributed by atoms with E-state index in [2.05, 4.69) is 278 Å². The van der Waals surface area contributed by atoms with Gasteiger partial charge in [0.1, 0.15) is 25.6 Å². The molecule has 0 saturated heterocycles. The second-order valence-corrected chi connectivity index (χ2v) is 46.6. The van der Waals surface area contributed by atoms with E-state index < -0.39 is 8.07 Å². The minimum Gasteiger partial charge on any atom is -1.00 e. The summed E-state index contributed by atoms with van der Waals surface area (Å²) in [6.45, 7) is 99.2. The molecule has 0 heterocycles. The Bertz CT molecular complexity index is 3460. The zero-order chi connectivity index (χ0) is 102. The molecule has 0 unspecified atom stereocenters. The SMILES string of the molecule is C=C(C)C[Si](C)(C)C(C)C.C=CCC(C)C.C=CCOC(=O)C(C)C.CC(=O)C(C)C.CC(C)C.CC(C)C.CC(C)C(=O)OCC1c2ccccc2-c2ccccc21.CC(C)C(=O)OCc1ccccc1.CC(C)CC(C)C.CC(C)CCCCOC(=O)C(C)C.CC(C)COC(=O)C(C)C.CC(C)Cc1ccc(CO)cc1.CC(C)Cc1ccccc1.CCC(C)C.[Ba+2].[H-].[H-]. The number of carbonyl (C=O) groups is 6. The van der Waals surface area contributed by atoms with Crippen molar-refractivity contribution in [2.75, 3.05) is 26.4 Å². The fourth-order valence-electron chi connectivity index (χ4n) is 9.98. The first kappa shape index (κ1) is 142. The van der Waals surface area contributed by atoms with Gasteiger partial charge in [-0.15, -0.1) is 13.2 Å². The van der Waals surface area contributed by atoms with E-state index in [-0.39, 0.29) is 135 Å². The van der Waals surface area contributed by atoms with Gasteiger partial charge in [-0.2, -0.15) is 0 Å². The van der Waals surface area contributed by atoms with Gasteiger partial charge in [0.05, 0.1) is 57.5 Å². The monoisotopic (exact) mass is 1960 g/mol. The maximum atomic E-state index is 11.7. The number of rotatable bonds is 32. The van der Waals surface area contributed by atoms with E-state index in [4.69, 9.17) is 28.8 Å². The van der Waals surface area contributed by atoms with Crippen molar-refractivity contribution in [3.8, 4) is 11.1 Å². The number of hydrogen-bond donors (Lipinski definition) is 1. The van der Waals surface area contributed by atoms with Crippen LogP contribution >= 0.6 is 0 Å². The molecule has 0 amide bonds. The molecule has 1 aliphatic carbocycles. The number of benzene rings is 5. The molecule has 0 atom stereocenters. The molecule has 746 valence electrons. The van der Waals surface area contributed by atoms with Crippen molar-refractivity contribution in [3.63, 3.8) is 0 Å². The number of hydrogen-bond acceptors (Lipinski definition) is 12. The van der Waals surface area contributed by atoms with E-state index in [9.17, 15) is 28.8 Å². The van der Waals surface area contributed by atoms with E-state index in [0.717, 1.165) is 89.7 Å². The summed E-state index contributed by atoms with van der Waals surface area (Å²) in [7, 11) is -0.943. The zero-order valence-electron chi connectivity index (χ0n) is 93.6. The molecular formula is C116H204BaO12Si. The molecule has 1 N–H and O–H groups in total. The van der Waals surface area contributed by atoms with Crippen LogP contribution in [0.1, 0.15) is 351 Å². The molecule has 0 bridgehead atoms. The molecule has 0 aromatic heterocycles. The average molecular weight is 1960 g/mol. The Balaban J connectivity index is -0.000000135. The van der Waals surface area contributed by atoms with Gasteiger partial charge in [-0.3, -0.25) is 28.8 Å². The van der Waals surface area contributed by atoms with Gasteiger partial charge in [0.25, 0.3) is 0 Å². The van der Waals surface area contributed by atoms with Gasteiger partial charge < -0.3 is 31.6 Å². The van der Waals surface area contributed by atoms with E-state index in [1.54, 1.807) is 26.8 Å². The fourth-order valence-corrected chi connectivity index (χ4v) is 11.9. The average Bonchev–Trinajstić information content (AvgIpc) is 1.62. The molecular weight excluding hydrogens is 1750 g/mol. The van der Waals surface area contributed by atoms with Gasteiger partial charge in [-0.05, 0) is 162 Å². The molecule has 5 aromatic carbocycles. The number of aliphatic hydroxyl groups excluding tert-OH is 1. The molecule has 0 radical (unpaired) electrons. The first-order chi connectivity index (χ1) is 59.8. The Hall–Kier alpha value is -5.91. The summed E-state index contributed by atoms with van der Waals surface area (Å²) in [6, 6.07) is 46.4. The third kappa shape index (κ3) is 98.1. The molecule has 0 saturated carbocycles. The van der Waals surface area contributed by atoms with Crippen LogP contribution in [0.3, 0.4) is 0 Å². The van der Waals surface area contributed by atoms with Gasteiger partial charge in [0.2, 0.25) is 0 Å². The summed E-state index contributed by atoms with van der Waals surface area (Å²) in [6.07, 6.45) is 13.0. The Kier molecular flexibility index (Phi) is 97.8. The van der Waals surface area contributed by atoms with Crippen molar-refractivity contribution in [2.45, 2.75) is 365 Å². The summed E-state index contributed by atoms with van der Waals surface area (Å²) in [5.41, 5.74) is 12.1. The normalized spacial score (nSPS) is 10.7. The number of unbranched alkanes of at least 4 members (excludes halogenated alkanes) is 1. The first-order valence-corrected chi connectivity index (χ1v) is 52.2. The van der Waals surface area contributed by atoms with E-state index in [1.807, 2.05) is 144 Å². The summed E-state index contributed by atoms with van der Waals surface area (Å²) in [5.74, 6) is 7.56. The smallest absolute Gasteiger partial charge is 1.00 e. The largest absolute Gasteiger partial charge is 2.00 e. The molecule has 130 heavy (non-hydrogen) atoms. The van der Waals surface area contributed by atoms with Gasteiger partial charge in [-0.1, -0.05) is 445 Å². The molecule has 12 nitrogen and oxygen atoms in total. The van der Waals surface area contributed by atoms with Crippen LogP contribution in [-0.2, 0) is 78.5 Å². The Labute approximate surface area is 847 Å². The van der Waals surface area contributed by atoms with Crippen LogP contribution < -0.4 is 0 Å². The van der Waals surface area contributed by atoms with Gasteiger partial charge in [0, 0.05) is 11.8 Å². The number of ether oxygens (including phenoxy) is 5. The molecule has 14 heteroatoms. The molecule has 1 aliphatic rings. The summed E-state index contributed by atoms with van der Waals surface area (Å²) in [5, 5.41) is 8.81. The second-order valence-electron chi connectivity index (χ2n) is 41.1. The van der Waals surface area contributed by atoms with Crippen LogP contribution in [0, 0.1) is 94.7 Å². The van der Waals surface area contributed by atoms with Crippen LogP contribution in [0.25, 0.3) is 11.1 Å². The topological polar surface area (TPSA) is 169 Å². The Morgan fingerprint density at radius 2 is 0.738 bits per heavy atom. The Morgan fingerprint density at radius 3 is 1.02 bits per heavy atom. The van der Waals surface area contributed by atoms with Gasteiger partial charge >= 0.3 is 78.7 Å². The van der Waals surface area contributed by atoms with E-state index in [1.165, 1.54) is 70.7 Å². The fraction of sp³-hybridized carbons (Fsp3) is 0.638. The number of fused-ring (bicyclic) bond motifs is 3. The molecule has 6 rings (SSSR count). The van der Waals surface area contributed by atoms with Crippen LogP contribution in [0.15, 0.2) is 171 Å². The third-order valence-corrected chi connectivity index (χ3v) is 22.8. The van der Waals surface area contributed by atoms with Crippen molar-refractivity contribution in [2.24, 2.45) is 94.7 Å². The molecule has 0 fully saturated rings. The minimum atomic E-state index is -0.943. The number of allylic oxidation sites excluding steroid dienone is 2. The number of ketones is 1. The number of Topliss-reactive ketones (excluding diaryl/α,β-unsaturated/α-hetero) is 1. The van der Waals surface area contributed by atoms with Crippen molar-refractivity contribution in [1.29, 1.82) is 0 Å². The van der Waals surface area contributed by atoms with Crippen molar-refractivity contribution in [1.82, 2.24) is 0 Å². The molecule has 0 aliphatic heterocycles. The first-order valence-electron chi connectivity index (χ1n) is 48.9. The van der Waals surface area contributed by atoms with Gasteiger partial charge in [0.15, 0.2) is 0 Å². The van der Waals surface area contributed by atoms with Crippen LogP contribution in [0.4, 0.5) is 0 Å². The third-order valence-electron chi connectivity index (χ3n) is 18.1. The number of aliphatic hydroxyl groups is 1. The second kappa shape index (κ2) is 89.6. The zero-order valence-corrected chi connectivity index (χ0v) is 97.1. The quantitative estimate of drug-likeness (QED) is 0.0142. The predicted molar refractivity (Wildman–Crippen MR) is 573 cm³/mol. The minimum absolute atomic E-state index is 0. The summed E-state index contributed by atoms with van der Waals surface area (Å²) >= 11 is 0. The van der Waals surface area contributed by atoms with Crippen molar-refractivity contribution < 1.29 is 60.4 Å². The van der Waals surface area contributed by atoms with Crippen molar-refractivity contribution >= 4 is 92.6 Å². The maximum Gasteiger partial charge on any atom is 2.00 e. The maximum absolute atomic E-state index is 11.7. The van der Waals surface area contributed by atoms with Gasteiger partial charge in [-0.25, -0.2) is 0 Å². The number of esters is 5. The summed E-state index contributed by atoms with van der Waals surface area (Å²) < 4.78 is 25.2. The number of carbonyl (C=O) groups excluding carboxylic acids is 6. The Morgan fingerprint density at radius 1 is 0.400 bits per heavy atom. The van der Waals surface area contributed by atoms with Crippen LogP contribution in [-0.4, -0.2) is 124 Å². The van der Waals surface area contributed by atoms with E-state index in [0.29, 0.717) is 44.9 Å². The predicted octanol–water partition coefficient (Wildman–Crippen LogP) is 32.9. The van der Waals surface area contributed by atoms with Crippen LogP contribution in [0.2, 0.25) is 24.7 Å². The summed E-state index contributed by atoms with van der Waals surface area (Å²) in [4.78, 5) is 65.4. The standard InChI is InChI=1S/C18H18O2.C11H14O2.C11H22O2.C11H16O.C10H14.C9H20Si.C8H16O2.C7H12O2.C7H16.C6H12.C5H10O.C5H12.2C4H10.Ba.2H/c1-12(2)18(19)20-11-17-15-9-5-3-7-13(15)14-8-4-6-10-16(14)17;1-9(2)11(12)13-8-10-6-4-3-5-7-10;1-9(2)7-5-6-8-13-11(12)10(3)4;1-9(2)7-10-3-5-11(8-12)6-4-10;1-9(2)8-10-6-4-3-5-7-10;1-8(2)7-10(5,6)9(3)4;1-6(2)5-10-8(9)7(3)4;1-4-5-9-7(8)6(2)3;1-6(2)5-7(3)4;1-4-5-6(2)3;1-4(2)5(3)6;1-4-5(2)3;2*1-4(2)3;;;/h3-10,12,17H,11H2,1-2H3;3-7,9H,8H2,1-2H3;9-10H,5-8H2,1-4H3;3-6,9,12H,7-8H2,1-2H3;3-7,9H,8H2,1-2H3;9H,1,7H2,2-6H3;6-7H,5H2,1-4H3;4,6H,1,5H2,2-3H3;6-7H,5H2,1-4H3;4,6H,1,5H2,2-3H3;4H,1-3H3;5H,4H2,1-3H3;2*4H,1-3H3;;;/q;;;;;;;;;;;;;;+2;2*-1. The van der Waals surface area contributed by atoms with E-state index >= 15 is 0 Å². The molecule has 0 spiro atoms. The molecule has 5 aromatic rings.